The SMILES string of the molecule is COc1cc(/C=C(\C#N)C(=O)Nc2cccc(C)c2)ccc1OC(=O)c1ccco1. The largest absolute Gasteiger partial charge is 0.493 e. The van der Waals surface area contributed by atoms with E-state index in [9.17, 15) is 14.9 Å². The first-order valence-corrected chi connectivity index (χ1v) is 8.93. The van der Waals surface area contributed by atoms with Gasteiger partial charge in [0.1, 0.15) is 11.6 Å². The summed E-state index contributed by atoms with van der Waals surface area (Å²) in [6, 6.07) is 16.9. The lowest BCUT2D eigenvalue weighted by molar-refractivity contribution is -0.112. The third-order valence-corrected chi connectivity index (χ3v) is 4.06. The van der Waals surface area contributed by atoms with Gasteiger partial charge in [0.2, 0.25) is 5.76 Å². The van der Waals surface area contributed by atoms with E-state index in [0.29, 0.717) is 11.3 Å². The van der Waals surface area contributed by atoms with E-state index in [2.05, 4.69) is 5.32 Å². The van der Waals surface area contributed by atoms with Crippen molar-refractivity contribution in [2.75, 3.05) is 12.4 Å². The molecule has 1 N–H and O–H groups in total. The van der Waals surface area contributed by atoms with E-state index in [4.69, 9.17) is 13.9 Å². The number of nitrogens with zero attached hydrogens (tertiary/aromatic N) is 1. The van der Waals surface area contributed by atoms with Crippen LogP contribution in [-0.4, -0.2) is 19.0 Å². The lowest BCUT2D eigenvalue weighted by atomic mass is 10.1. The number of esters is 1. The molecule has 3 aromatic rings. The van der Waals surface area contributed by atoms with Crippen LogP contribution in [0.3, 0.4) is 0 Å². The number of anilines is 1. The second-order valence-electron chi connectivity index (χ2n) is 6.27. The van der Waals surface area contributed by atoms with Crippen LogP contribution in [0.2, 0.25) is 0 Å². The van der Waals surface area contributed by atoms with E-state index >= 15 is 0 Å². The molecule has 0 spiro atoms. The Hall–Kier alpha value is -4.31. The van der Waals surface area contributed by atoms with Crippen molar-refractivity contribution in [1.29, 1.82) is 5.26 Å². The van der Waals surface area contributed by atoms with E-state index in [0.717, 1.165) is 5.56 Å². The Balaban J connectivity index is 1.80. The number of hydrogen-bond acceptors (Lipinski definition) is 6. The maximum absolute atomic E-state index is 12.4. The fourth-order valence-electron chi connectivity index (χ4n) is 2.64. The standard InChI is InChI=1S/C23H18N2O5/c1-15-5-3-6-18(11-15)25-22(26)17(14-24)12-16-8-9-19(21(13-16)28-2)30-23(27)20-7-4-10-29-20/h3-13H,1-2H3,(H,25,26)/b17-12+. The van der Waals surface area contributed by atoms with Crippen LogP contribution in [0.5, 0.6) is 11.5 Å². The minimum Gasteiger partial charge on any atom is -0.493 e. The highest BCUT2D eigenvalue weighted by molar-refractivity contribution is 6.09. The molecule has 1 aromatic heterocycles. The van der Waals surface area contributed by atoms with Crippen molar-refractivity contribution in [3.63, 3.8) is 0 Å². The summed E-state index contributed by atoms with van der Waals surface area (Å²) in [5.74, 6) is -0.702. The molecule has 2 aromatic carbocycles. The van der Waals surface area contributed by atoms with E-state index in [1.807, 2.05) is 25.1 Å². The second kappa shape index (κ2) is 9.26. The van der Waals surface area contributed by atoms with E-state index in [-0.39, 0.29) is 22.8 Å². The second-order valence-corrected chi connectivity index (χ2v) is 6.27. The average molecular weight is 402 g/mol. The van der Waals surface area contributed by atoms with Crippen LogP contribution in [0, 0.1) is 18.3 Å². The zero-order valence-corrected chi connectivity index (χ0v) is 16.3. The number of methoxy groups -OCH3 is 1. The number of ether oxygens (including phenoxy) is 2. The number of benzene rings is 2. The van der Waals surface area contributed by atoms with Crippen molar-refractivity contribution in [3.8, 4) is 17.6 Å². The molecule has 1 heterocycles. The molecule has 0 bridgehead atoms. The van der Waals surface area contributed by atoms with Gasteiger partial charge in [-0.05, 0) is 60.5 Å². The number of rotatable bonds is 6. The van der Waals surface area contributed by atoms with Gasteiger partial charge in [0.25, 0.3) is 5.91 Å². The summed E-state index contributed by atoms with van der Waals surface area (Å²) < 4.78 is 15.6. The molecule has 7 nitrogen and oxygen atoms in total. The Labute approximate surface area is 173 Å². The highest BCUT2D eigenvalue weighted by Gasteiger charge is 2.16. The van der Waals surface area contributed by atoms with Crippen molar-refractivity contribution < 1.29 is 23.5 Å². The normalized spacial score (nSPS) is 10.8. The van der Waals surface area contributed by atoms with Crippen molar-refractivity contribution in [2.45, 2.75) is 6.92 Å². The van der Waals surface area contributed by atoms with Gasteiger partial charge in [-0.2, -0.15) is 5.26 Å². The number of nitriles is 1. The summed E-state index contributed by atoms with van der Waals surface area (Å²) in [4.78, 5) is 24.5. The molecular weight excluding hydrogens is 384 g/mol. The molecule has 7 heteroatoms. The summed E-state index contributed by atoms with van der Waals surface area (Å²) in [7, 11) is 1.42. The quantitative estimate of drug-likeness (QED) is 0.284. The third-order valence-electron chi connectivity index (χ3n) is 4.06. The molecule has 0 aliphatic heterocycles. The molecule has 0 unspecified atom stereocenters. The molecule has 1 amide bonds. The first-order valence-electron chi connectivity index (χ1n) is 8.93. The third kappa shape index (κ3) is 4.94. The Morgan fingerprint density at radius 1 is 1.10 bits per heavy atom. The van der Waals surface area contributed by atoms with Crippen molar-refractivity contribution in [3.05, 3.63) is 83.3 Å². The Morgan fingerprint density at radius 2 is 1.93 bits per heavy atom. The minimum atomic E-state index is -0.670. The lowest BCUT2D eigenvalue weighted by Crippen LogP contribution is -2.13. The first-order chi connectivity index (χ1) is 14.5. The van der Waals surface area contributed by atoms with Crippen molar-refractivity contribution >= 4 is 23.6 Å². The number of carbonyl (C=O) groups is 2. The number of aryl methyl sites for hydroxylation is 1. The zero-order chi connectivity index (χ0) is 21.5. The van der Waals surface area contributed by atoms with Crippen LogP contribution in [0.1, 0.15) is 21.7 Å². The average Bonchev–Trinajstić information content (AvgIpc) is 3.28. The number of nitrogens with one attached hydrogen (secondary N) is 1. The van der Waals surface area contributed by atoms with Gasteiger partial charge in [0.15, 0.2) is 11.5 Å². The number of hydrogen-bond donors (Lipinski definition) is 1. The predicted molar refractivity (Wildman–Crippen MR) is 110 cm³/mol. The number of amides is 1. The fraction of sp³-hybridized carbons (Fsp3) is 0.0870. The molecule has 0 atom stereocenters. The number of carbonyl (C=O) groups excluding carboxylic acids is 2. The van der Waals surface area contributed by atoms with Gasteiger partial charge in [0, 0.05) is 5.69 Å². The highest BCUT2D eigenvalue weighted by atomic mass is 16.6. The van der Waals surface area contributed by atoms with Gasteiger partial charge < -0.3 is 19.2 Å². The topological polar surface area (TPSA) is 102 Å². The first kappa shape index (κ1) is 20.4. The van der Waals surface area contributed by atoms with E-state index in [1.165, 1.54) is 31.6 Å². The smallest absolute Gasteiger partial charge is 0.379 e. The molecule has 3 rings (SSSR count). The maximum atomic E-state index is 12.4. The van der Waals surface area contributed by atoms with Crippen LogP contribution in [-0.2, 0) is 4.79 Å². The highest BCUT2D eigenvalue weighted by Crippen LogP contribution is 2.30. The minimum absolute atomic E-state index is 0.0561. The van der Waals surface area contributed by atoms with Crippen LogP contribution >= 0.6 is 0 Å². The van der Waals surface area contributed by atoms with Gasteiger partial charge in [-0.25, -0.2) is 4.79 Å². The summed E-state index contributed by atoms with van der Waals surface area (Å²) in [6.07, 6.45) is 2.79. The molecule has 0 aliphatic carbocycles. The molecule has 150 valence electrons. The van der Waals surface area contributed by atoms with Gasteiger partial charge in [-0.1, -0.05) is 18.2 Å². The lowest BCUT2D eigenvalue weighted by Gasteiger charge is -2.09. The Morgan fingerprint density at radius 3 is 2.60 bits per heavy atom. The number of furan rings is 1. The van der Waals surface area contributed by atoms with E-state index < -0.39 is 11.9 Å². The molecular formula is C23H18N2O5. The molecule has 30 heavy (non-hydrogen) atoms. The molecule has 0 radical (unpaired) electrons. The van der Waals surface area contributed by atoms with Gasteiger partial charge in [0.05, 0.1) is 13.4 Å². The van der Waals surface area contributed by atoms with Gasteiger partial charge in [-0.15, -0.1) is 0 Å². The summed E-state index contributed by atoms with van der Waals surface area (Å²) in [5.41, 5.74) is 2.03. The van der Waals surface area contributed by atoms with Crippen LogP contribution < -0.4 is 14.8 Å². The molecule has 0 saturated carbocycles. The van der Waals surface area contributed by atoms with Gasteiger partial charge in [-0.3, -0.25) is 4.79 Å². The van der Waals surface area contributed by atoms with Crippen LogP contribution in [0.25, 0.3) is 6.08 Å². The maximum Gasteiger partial charge on any atom is 0.379 e. The van der Waals surface area contributed by atoms with Gasteiger partial charge >= 0.3 is 5.97 Å². The summed E-state index contributed by atoms with van der Waals surface area (Å²) in [5, 5.41) is 12.1. The zero-order valence-electron chi connectivity index (χ0n) is 16.3. The van der Waals surface area contributed by atoms with Crippen LogP contribution in [0.4, 0.5) is 5.69 Å². The molecule has 0 saturated heterocycles. The Kier molecular flexibility index (Phi) is 6.30. The molecule has 0 fully saturated rings. The van der Waals surface area contributed by atoms with Crippen molar-refractivity contribution in [2.24, 2.45) is 0 Å². The predicted octanol–water partition coefficient (Wildman–Crippen LogP) is 4.36. The summed E-state index contributed by atoms with van der Waals surface area (Å²) >= 11 is 0. The molecule has 0 aliphatic rings. The monoisotopic (exact) mass is 402 g/mol. The van der Waals surface area contributed by atoms with Crippen molar-refractivity contribution in [1.82, 2.24) is 0 Å². The van der Waals surface area contributed by atoms with E-state index in [1.54, 1.807) is 30.3 Å². The summed E-state index contributed by atoms with van der Waals surface area (Å²) in [6.45, 7) is 1.91. The fourth-order valence-corrected chi connectivity index (χ4v) is 2.64. The van der Waals surface area contributed by atoms with Crippen LogP contribution in [0.15, 0.2) is 70.9 Å². The Bertz CT molecular complexity index is 1140.